The molecule has 0 unspecified atom stereocenters. The lowest BCUT2D eigenvalue weighted by molar-refractivity contribution is 0.0526. The molecule has 0 atom stereocenters. The number of hydrogen-bond donors (Lipinski definition) is 0. The van der Waals surface area contributed by atoms with E-state index in [-0.39, 0.29) is 12.4 Å². The molecular weight excluding hydrogens is 356 g/mol. The van der Waals surface area contributed by atoms with Crippen molar-refractivity contribution in [3.8, 4) is 11.8 Å². The first-order valence-electron chi connectivity index (χ1n) is 9.02. The first-order valence-corrected chi connectivity index (χ1v) is 9.02. The Bertz CT molecular complexity index is 1030. The summed E-state index contributed by atoms with van der Waals surface area (Å²) < 4.78 is 12.4. The molecule has 0 amide bonds. The van der Waals surface area contributed by atoms with E-state index in [1.54, 1.807) is 37.4 Å². The third kappa shape index (κ3) is 4.21. The van der Waals surface area contributed by atoms with Gasteiger partial charge in [-0.1, -0.05) is 18.2 Å². The zero-order valence-corrected chi connectivity index (χ0v) is 15.6. The monoisotopic (exact) mass is 376 g/mol. The number of hydrogen-bond acceptors (Lipinski definition) is 5. The lowest BCUT2D eigenvalue weighted by Gasteiger charge is -2.06. The summed E-state index contributed by atoms with van der Waals surface area (Å²) in [6, 6.07) is 16.2. The minimum Gasteiger partial charge on any atom is -0.485 e. The van der Waals surface area contributed by atoms with Gasteiger partial charge in [-0.05, 0) is 37.3 Å². The predicted molar refractivity (Wildman–Crippen MR) is 104 cm³/mol. The summed E-state index contributed by atoms with van der Waals surface area (Å²) in [5.74, 6) is -0.0497. The van der Waals surface area contributed by atoms with Gasteiger partial charge in [-0.15, -0.1) is 0 Å². The Balaban J connectivity index is 1.71. The molecule has 0 aliphatic carbocycles. The fourth-order valence-corrected chi connectivity index (χ4v) is 2.95. The molecule has 0 N–H and O–H groups in total. The molecule has 0 aliphatic rings. The maximum Gasteiger partial charge on any atom is 0.338 e. The van der Waals surface area contributed by atoms with Crippen molar-refractivity contribution in [3.05, 3.63) is 65.9 Å². The van der Waals surface area contributed by atoms with E-state index in [9.17, 15) is 9.59 Å². The molecule has 3 aromatic rings. The van der Waals surface area contributed by atoms with Crippen molar-refractivity contribution in [2.45, 2.75) is 19.9 Å². The number of nitrogens with zero attached hydrogens (tertiary/aromatic N) is 2. The summed E-state index contributed by atoms with van der Waals surface area (Å²) in [5, 5.41) is 9.67. The molecule has 0 spiro atoms. The van der Waals surface area contributed by atoms with Crippen molar-refractivity contribution in [2.24, 2.45) is 0 Å². The molecular formula is C22H20N2O4. The molecule has 0 fully saturated rings. The van der Waals surface area contributed by atoms with Gasteiger partial charge in [0.05, 0.1) is 24.7 Å². The van der Waals surface area contributed by atoms with Gasteiger partial charge in [0.2, 0.25) is 5.78 Å². The van der Waals surface area contributed by atoms with E-state index >= 15 is 0 Å². The number of Topliss-reactive ketones (excluding diaryl/α,β-unsaturated/α-hetero) is 1. The number of esters is 1. The number of carbonyl (C=O) groups is 2. The Morgan fingerprint density at radius 2 is 1.86 bits per heavy atom. The second-order valence-electron chi connectivity index (χ2n) is 6.12. The third-order valence-electron chi connectivity index (χ3n) is 4.29. The van der Waals surface area contributed by atoms with Crippen molar-refractivity contribution in [2.75, 3.05) is 13.2 Å². The standard InChI is InChI=1S/C22H20N2O4/c1-2-27-22(26)16-8-10-17(11-9-16)28-15-21(25)19-14-24(13-5-12-23)20-7-4-3-6-18(19)20/h3-4,6-11,14H,2,5,13,15H2,1H3. The fraction of sp³-hybridized carbons (Fsp3) is 0.227. The average molecular weight is 376 g/mol. The minimum absolute atomic E-state index is 0.120. The normalized spacial score (nSPS) is 10.4. The maximum atomic E-state index is 12.7. The Morgan fingerprint density at radius 3 is 2.57 bits per heavy atom. The summed E-state index contributed by atoms with van der Waals surface area (Å²) in [7, 11) is 0. The highest BCUT2D eigenvalue weighted by Crippen LogP contribution is 2.23. The van der Waals surface area contributed by atoms with Crippen LogP contribution in [-0.2, 0) is 11.3 Å². The Labute approximate surface area is 162 Å². The van der Waals surface area contributed by atoms with Gasteiger partial charge < -0.3 is 14.0 Å². The Hall–Kier alpha value is -3.59. The first kappa shape index (κ1) is 19.2. The minimum atomic E-state index is -0.393. The highest BCUT2D eigenvalue weighted by Gasteiger charge is 2.15. The molecule has 0 saturated heterocycles. The molecule has 0 aliphatic heterocycles. The quantitative estimate of drug-likeness (QED) is 0.438. The molecule has 1 heterocycles. The number of ketones is 1. The number of para-hydroxylation sites is 1. The summed E-state index contributed by atoms with van der Waals surface area (Å²) in [5.41, 5.74) is 1.91. The number of nitriles is 1. The van der Waals surface area contributed by atoms with E-state index in [2.05, 4.69) is 6.07 Å². The summed E-state index contributed by atoms with van der Waals surface area (Å²) in [4.78, 5) is 24.4. The predicted octanol–water partition coefficient (Wildman–Crippen LogP) is 3.99. The molecule has 3 rings (SSSR count). The van der Waals surface area contributed by atoms with Crippen LogP contribution in [0.1, 0.15) is 34.1 Å². The van der Waals surface area contributed by atoms with Crippen LogP contribution in [0.4, 0.5) is 0 Å². The summed E-state index contributed by atoms with van der Waals surface area (Å²) >= 11 is 0. The van der Waals surface area contributed by atoms with Crippen LogP contribution in [0.25, 0.3) is 10.9 Å². The third-order valence-corrected chi connectivity index (χ3v) is 4.29. The lowest BCUT2D eigenvalue weighted by atomic mass is 10.1. The van der Waals surface area contributed by atoms with Gasteiger partial charge in [0, 0.05) is 29.2 Å². The van der Waals surface area contributed by atoms with Gasteiger partial charge in [-0.3, -0.25) is 4.79 Å². The van der Waals surface area contributed by atoms with Gasteiger partial charge in [-0.25, -0.2) is 4.79 Å². The van der Waals surface area contributed by atoms with Crippen LogP contribution in [0.15, 0.2) is 54.7 Å². The largest absolute Gasteiger partial charge is 0.485 e. The van der Waals surface area contributed by atoms with Gasteiger partial charge in [0.1, 0.15) is 5.75 Å². The highest BCUT2D eigenvalue weighted by molar-refractivity contribution is 6.08. The second-order valence-corrected chi connectivity index (χ2v) is 6.12. The van der Waals surface area contributed by atoms with Crippen molar-refractivity contribution in [3.63, 3.8) is 0 Å². The second kappa shape index (κ2) is 8.87. The molecule has 6 nitrogen and oxygen atoms in total. The van der Waals surface area contributed by atoms with E-state index in [4.69, 9.17) is 14.7 Å². The molecule has 6 heteroatoms. The Kier molecular flexibility index (Phi) is 6.07. The van der Waals surface area contributed by atoms with Gasteiger partial charge >= 0.3 is 5.97 Å². The number of fused-ring (bicyclic) bond motifs is 1. The van der Waals surface area contributed by atoms with Crippen molar-refractivity contribution < 1.29 is 19.1 Å². The SMILES string of the molecule is CCOC(=O)c1ccc(OCC(=O)c2cn(CCC#N)c3ccccc23)cc1. The molecule has 28 heavy (non-hydrogen) atoms. The Morgan fingerprint density at radius 1 is 1.11 bits per heavy atom. The van der Waals surface area contributed by atoms with E-state index in [0.29, 0.717) is 36.4 Å². The van der Waals surface area contributed by atoms with Gasteiger partial charge in [-0.2, -0.15) is 5.26 Å². The zero-order valence-electron chi connectivity index (χ0n) is 15.6. The van der Waals surface area contributed by atoms with Crippen molar-refractivity contribution >= 4 is 22.7 Å². The fourth-order valence-electron chi connectivity index (χ4n) is 2.95. The summed E-state index contributed by atoms with van der Waals surface area (Å²) in [6.07, 6.45) is 2.15. The number of carbonyl (C=O) groups excluding carboxylic acids is 2. The van der Waals surface area contributed by atoms with Crippen LogP contribution in [0, 0.1) is 11.3 Å². The highest BCUT2D eigenvalue weighted by atomic mass is 16.5. The summed E-state index contributed by atoms with van der Waals surface area (Å²) in [6.45, 7) is 2.47. The van der Waals surface area contributed by atoms with E-state index in [1.807, 2.05) is 28.8 Å². The number of aryl methyl sites for hydroxylation is 1. The number of ether oxygens (including phenoxy) is 2. The van der Waals surface area contributed by atoms with Gasteiger partial charge in [0.25, 0.3) is 0 Å². The van der Waals surface area contributed by atoms with Crippen LogP contribution in [0.5, 0.6) is 5.75 Å². The molecule has 0 saturated carbocycles. The van der Waals surface area contributed by atoms with E-state index in [0.717, 1.165) is 10.9 Å². The molecule has 142 valence electrons. The van der Waals surface area contributed by atoms with Crippen LogP contribution < -0.4 is 4.74 Å². The van der Waals surface area contributed by atoms with Crippen LogP contribution in [-0.4, -0.2) is 29.5 Å². The number of rotatable bonds is 8. The van der Waals surface area contributed by atoms with Gasteiger partial charge in [0.15, 0.2) is 6.61 Å². The van der Waals surface area contributed by atoms with Crippen LogP contribution in [0.3, 0.4) is 0 Å². The van der Waals surface area contributed by atoms with Crippen LogP contribution in [0.2, 0.25) is 0 Å². The number of aromatic nitrogens is 1. The van der Waals surface area contributed by atoms with E-state index in [1.165, 1.54) is 0 Å². The molecule has 0 bridgehead atoms. The molecule has 0 radical (unpaired) electrons. The number of benzene rings is 2. The zero-order chi connectivity index (χ0) is 19.9. The van der Waals surface area contributed by atoms with E-state index < -0.39 is 5.97 Å². The molecule has 1 aromatic heterocycles. The van der Waals surface area contributed by atoms with Crippen molar-refractivity contribution in [1.29, 1.82) is 5.26 Å². The van der Waals surface area contributed by atoms with Crippen LogP contribution >= 0.6 is 0 Å². The van der Waals surface area contributed by atoms with Crippen molar-refractivity contribution in [1.82, 2.24) is 4.57 Å². The molecule has 2 aromatic carbocycles. The smallest absolute Gasteiger partial charge is 0.338 e. The maximum absolute atomic E-state index is 12.7. The topological polar surface area (TPSA) is 81.3 Å². The first-order chi connectivity index (χ1) is 13.6. The lowest BCUT2D eigenvalue weighted by Crippen LogP contribution is -2.11. The average Bonchev–Trinajstić information content (AvgIpc) is 3.10.